The smallest absolute Gasteiger partial charge is 0.145 e. The van der Waals surface area contributed by atoms with Crippen molar-refractivity contribution in [1.82, 2.24) is 14.9 Å². The van der Waals surface area contributed by atoms with E-state index in [9.17, 15) is 4.39 Å². The maximum Gasteiger partial charge on any atom is 0.145 e. The molecule has 0 saturated heterocycles. The van der Waals surface area contributed by atoms with Crippen LogP contribution in [0.3, 0.4) is 0 Å². The molecular formula is C15H19ClFN3. The molecule has 0 saturated carbocycles. The fraction of sp³-hybridized carbons (Fsp3) is 0.400. The lowest BCUT2D eigenvalue weighted by Crippen LogP contribution is -2.26. The van der Waals surface area contributed by atoms with Crippen molar-refractivity contribution in [3.8, 4) is 0 Å². The Hall–Kier alpha value is -1.39. The van der Waals surface area contributed by atoms with Gasteiger partial charge in [0.05, 0.1) is 11.1 Å². The first-order valence-corrected chi connectivity index (χ1v) is 7.22. The molecule has 0 spiro atoms. The first-order chi connectivity index (χ1) is 9.67. The van der Waals surface area contributed by atoms with Crippen molar-refractivity contribution in [3.63, 3.8) is 0 Å². The van der Waals surface area contributed by atoms with E-state index < -0.39 is 0 Å². The van der Waals surface area contributed by atoms with Gasteiger partial charge in [-0.1, -0.05) is 30.7 Å². The number of rotatable bonds is 6. The number of benzene rings is 1. The molecule has 3 nitrogen and oxygen atoms in total. The van der Waals surface area contributed by atoms with Gasteiger partial charge in [-0.15, -0.1) is 0 Å². The van der Waals surface area contributed by atoms with E-state index in [0.29, 0.717) is 12.0 Å². The molecule has 0 aliphatic rings. The summed E-state index contributed by atoms with van der Waals surface area (Å²) in [5.74, 6) is 0.584. The molecule has 1 aromatic heterocycles. The highest BCUT2D eigenvalue weighted by molar-refractivity contribution is 6.30. The number of nitrogens with zero attached hydrogens (tertiary/aromatic N) is 2. The second kappa shape index (κ2) is 6.86. The SMILES string of the molecule is CCNC(Cc1cccc(Cl)c1F)c1nccn1CC. The number of hydrogen-bond acceptors (Lipinski definition) is 2. The first-order valence-electron chi connectivity index (χ1n) is 6.84. The van der Waals surface area contributed by atoms with Crippen LogP contribution in [-0.2, 0) is 13.0 Å². The Morgan fingerprint density at radius 3 is 2.90 bits per heavy atom. The van der Waals surface area contributed by atoms with Crippen LogP contribution in [0.4, 0.5) is 4.39 Å². The predicted octanol–water partition coefficient (Wildman–Crippen LogP) is 3.59. The normalized spacial score (nSPS) is 12.6. The van der Waals surface area contributed by atoms with E-state index in [-0.39, 0.29) is 16.9 Å². The highest BCUT2D eigenvalue weighted by Crippen LogP contribution is 2.23. The molecule has 1 aromatic carbocycles. The summed E-state index contributed by atoms with van der Waals surface area (Å²) in [5.41, 5.74) is 0.606. The van der Waals surface area contributed by atoms with Crippen molar-refractivity contribution in [3.05, 3.63) is 52.8 Å². The molecule has 0 aliphatic heterocycles. The van der Waals surface area contributed by atoms with Crippen LogP contribution in [0.2, 0.25) is 5.02 Å². The van der Waals surface area contributed by atoms with Crippen LogP contribution in [0.5, 0.6) is 0 Å². The molecular weight excluding hydrogens is 277 g/mol. The summed E-state index contributed by atoms with van der Waals surface area (Å²) < 4.78 is 16.1. The molecule has 5 heteroatoms. The molecule has 1 unspecified atom stereocenters. The lowest BCUT2D eigenvalue weighted by molar-refractivity contribution is 0.484. The summed E-state index contributed by atoms with van der Waals surface area (Å²) in [4.78, 5) is 4.40. The van der Waals surface area contributed by atoms with Crippen LogP contribution < -0.4 is 5.32 Å². The van der Waals surface area contributed by atoms with Crippen LogP contribution in [0.1, 0.15) is 31.3 Å². The van der Waals surface area contributed by atoms with Gasteiger partial charge in [0.2, 0.25) is 0 Å². The molecule has 20 heavy (non-hydrogen) atoms. The maximum absolute atomic E-state index is 14.0. The van der Waals surface area contributed by atoms with Crippen molar-refractivity contribution in [1.29, 1.82) is 0 Å². The lowest BCUT2D eigenvalue weighted by Gasteiger charge is -2.19. The largest absolute Gasteiger partial charge is 0.334 e. The van der Waals surface area contributed by atoms with Gasteiger partial charge in [0.1, 0.15) is 11.6 Å². The molecule has 0 radical (unpaired) electrons. The van der Waals surface area contributed by atoms with Gasteiger partial charge in [-0.2, -0.15) is 0 Å². The standard InChI is InChI=1S/C15H19ClFN3/c1-3-18-13(15-19-8-9-20(15)4-2)10-11-6-5-7-12(16)14(11)17/h5-9,13,18H,3-4,10H2,1-2H3. The van der Waals surface area contributed by atoms with Crippen molar-refractivity contribution in [2.45, 2.75) is 32.9 Å². The summed E-state index contributed by atoms with van der Waals surface area (Å²) in [6, 6.07) is 5.08. The quantitative estimate of drug-likeness (QED) is 0.882. The van der Waals surface area contributed by atoms with Gasteiger partial charge < -0.3 is 9.88 Å². The van der Waals surface area contributed by atoms with Crippen LogP contribution >= 0.6 is 11.6 Å². The minimum absolute atomic E-state index is 0.0251. The highest BCUT2D eigenvalue weighted by Gasteiger charge is 2.18. The number of aromatic nitrogens is 2. The molecule has 2 rings (SSSR count). The second-order valence-electron chi connectivity index (χ2n) is 4.60. The van der Waals surface area contributed by atoms with E-state index in [1.54, 1.807) is 24.4 Å². The van der Waals surface area contributed by atoms with Crippen molar-refractivity contribution < 1.29 is 4.39 Å². The van der Waals surface area contributed by atoms with E-state index in [4.69, 9.17) is 11.6 Å². The number of halogens is 2. The van der Waals surface area contributed by atoms with E-state index in [1.165, 1.54) is 0 Å². The molecule has 108 valence electrons. The summed E-state index contributed by atoms with van der Waals surface area (Å²) in [6.45, 7) is 5.73. The topological polar surface area (TPSA) is 29.9 Å². The Kier molecular flexibility index (Phi) is 5.15. The van der Waals surface area contributed by atoms with Gasteiger partial charge in [-0.05, 0) is 31.5 Å². The second-order valence-corrected chi connectivity index (χ2v) is 5.01. The third-order valence-electron chi connectivity index (χ3n) is 3.31. The highest BCUT2D eigenvalue weighted by atomic mass is 35.5. The average molecular weight is 296 g/mol. The molecule has 1 atom stereocenters. The van der Waals surface area contributed by atoms with Gasteiger partial charge in [-0.3, -0.25) is 0 Å². The summed E-state index contributed by atoms with van der Waals surface area (Å²) in [7, 11) is 0. The minimum atomic E-state index is -0.341. The zero-order valence-electron chi connectivity index (χ0n) is 11.7. The molecule has 1 N–H and O–H groups in total. The minimum Gasteiger partial charge on any atom is -0.334 e. The van der Waals surface area contributed by atoms with E-state index in [0.717, 1.165) is 18.9 Å². The number of nitrogens with one attached hydrogen (secondary N) is 1. The number of aryl methyl sites for hydroxylation is 1. The number of hydrogen-bond donors (Lipinski definition) is 1. The molecule has 1 heterocycles. The Balaban J connectivity index is 2.28. The van der Waals surface area contributed by atoms with Crippen molar-refractivity contribution >= 4 is 11.6 Å². The van der Waals surface area contributed by atoms with Gasteiger partial charge >= 0.3 is 0 Å². The van der Waals surface area contributed by atoms with Crippen LogP contribution in [0.15, 0.2) is 30.6 Å². The summed E-state index contributed by atoms with van der Waals surface area (Å²) in [6.07, 6.45) is 4.24. The van der Waals surface area contributed by atoms with Gasteiger partial charge in [0.25, 0.3) is 0 Å². The van der Waals surface area contributed by atoms with E-state index in [1.807, 2.05) is 13.1 Å². The fourth-order valence-electron chi connectivity index (χ4n) is 2.33. The predicted molar refractivity (Wildman–Crippen MR) is 79.4 cm³/mol. The monoisotopic (exact) mass is 295 g/mol. The molecule has 0 fully saturated rings. The lowest BCUT2D eigenvalue weighted by atomic mass is 10.0. The summed E-state index contributed by atoms with van der Waals surface area (Å²) in [5, 5.41) is 3.53. The molecule has 0 aliphatic carbocycles. The van der Waals surface area contributed by atoms with Crippen molar-refractivity contribution in [2.75, 3.05) is 6.54 Å². The Labute approximate surface area is 123 Å². The van der Waals surface area contributed by atoms with E-state index in [2.05, 4.69) is 21.8 Å². The van der Waals surface area contributed by atoms with E-state index >= 15 is 0 Å². The Bertz CT molecular complexity index is 568. The van der Waals surface area contributed by atoms with Gasteiger partial charge in [-0.25, -0.2) is 9.37 Å². The van der Waals surface area contributed by atoms with Gasteiger partial charge in [0, 0.05) is 18.9 Å². The zero-order valence-corrected chi connectivity index (χ0v) is 12.5. The summed E-state index contributed by atoms with van der Waals surface area (Å²) >= 11 is 5.84. The average Bonchev–Trinajstić information content (AvgIpc) is 2.91. The first kappa shape index (κ1) is 15.0. The van der Waals surface area contributed by atoms with Crippen LogP contribution in [0.25, 0.3) is 0 Å². The Morgan fingerprint density at radius 1 is 1.40 bits per heavy atom. The third-order valence-corrected chi connectivity index (χ3v) is 3.60. The molecule has 2 aromatic rings. The third kappa shape index (κ3) is 3.19. The van der Waals surface area contributed by atoms with Crippen LogP contribution in [0, 0.1) is 5.82 Å². The number of imidazole rings is 1. The molecule has 0 bridgehead atoms. The van der Waals surface area contributed by atoms with Gasteiger partial charge in [0.15, 0.2) is 0 Å². The maximum atomic E-state index is 14.0. The van der Waals surface area contributed by atoms with Crippen LogP contribution in [-0.4, -0.2) is 16.1 Å². The number of likely N-dealkylation sites (N-methyl/N-ethyl adjacent to an activating group) is 1. The van der Waals surface area contributed by atoms with Crippen molar-refractivity contribution in [2.24, 2.45) is 0 Å². The molecule has 0 amide bonds. The Morgan fingerprint density at radius 2 is 2.20 bits per heavy atom. The fourth-order valence-corrected chi connectivity index (χ4v) is 2.52. The zero-order chi connectivity index (χ0) is 14.5.